The van der Waals surface area contributed by atoms with E-state index in [0.717, 1.165) is 12.3 Å². The van der Waals surface area contributed by atoms with Gasteiger partial charge in [-0.25, -0.2) is 4.79 Å². The molecule has 0 saturated carbocycles. The lowest BCUT2D eigenvalue weighted by Gasteiger charge is -1.93. The average Bonchev–Trinajstić information content (AvgIpc) is 2.04. The molecule has 62 valence electrons. The second-order valence-corrected chi connectivity index (χ2v) is 2.09. The molecule has 0 aromatic carbocycles. The SMILES string of the molecule is O=Cc1c[nH]c(C(=O)O)cc1=O. The van der Waals surface area contributed by atoms with E-state index in [2.05, 4.69) is 4.98 Å². The average molecular weight is 167 g/mol. The van der Waals surface area contributed by atoms with Crippen molar-refractivity contribution in [2.24, 2.45) is 0 Å². The van der Waals surface area contributed by atoms with Crippen LogP contribution in [0.4, 0.5) is 0 Å². The molecule has 1 aromatic heterocycles. The van der Waals surface area contributed by atoms with Gasteiger partial charge in [0.05, 0.1) is 5.56 Å². The number of H-pyrrole nitrogens is 1. The fourth-order valence-electron chi connectivity index (χ4n) is 0.698. The van der Waals surface area contributed by atoms with Gasteiger partial charge in [0.15, 0.2) is 11.7 Å². The Morgan fingerprint density at radius 2 is 2.25 bits per heavy atom. The zero-order valence-corrected chi connectivity index (χ0v) is 5.90. The van der Waals surface area contributed by atoms with Gasteiger partial charge >= 0.3 is 5.97 Å². The summed E-state index contributed by atoms with van der Waals surface area (Å²) in [5.41, 5.74) is -0.910. The van der Waals surface area contributed by atoms with Crippen molar-refractivity contribution in [2.45, 2.75) is 0 Å². The Kier molecular flexibility index (Phi) is 2.05. The maximum absolute atomic E-state index is 10.9. The van der Waals surface area contributed by atoms with Crippen molar-refractivity contribution in [3.63, 3.8) is 0 Å². The van der Waals surface area contributed by atoms with Crippen LogP contribution in [-0.4, -0.2) is 22.3 Å². The molecular weight excluding hydrogens is 162 g/mol. The number of aldehydes is 1. The first-order chi connectivity index (χ1) is 5.65. The van der Waals surface area contributed by atoms with E-state index in [4.69, 9.17) is 5.11 Å². The molecule has 5 nitrogen and oxygen atoms in total. The quantitative estimate of drug-likeness (QED) is 0.601. The van der Waals surface area contributed by atoms with Crippen LogP contribution in [0.25, 0.3) is 0 Å². The highest BCUT2D eigenvalue weighted by molar-refractivity contribution is 5.86. The fourth-order valence-corrected chi connectivity index (χ4v) is 0.698. The van der Waals surface area contributed by atoms with Crippen LogP contribution in [0.5, 0.6) is 0 Å². The number of rotatable bonds is 2. The van der Waals surface area contributed by atoms with Crippen molar-refractivity contribution < 1.29 is 14.7 Å². The number of aromatic nitrogens is 1. The predicted molar refractivity (Wildman–Crippen MR) is 39.4 cm³/mol. The first-order valence-corrected chi connectivity index (χ1v) is 3.06. The molecule has 2 N–H and O–H groups in total. The summed E-state index contributed by atoms with van der Waals surface area (Å²) in [6.07, 6.45) is 1.43. The van der Waals surface area contributed by atoms with Gasteiger partial charge in [-0.15, -0.1) is 0 Å². The molecule has 0 bridgehead atoms. The highest BCUT2D eigenvalue weighted by Crippen LogP contribution is 1.90. The molecule has 0 unspecified atom stereocenters. The van der Waals surface area contributed by atoms with Gasteiger partial charge in [0.2, 0.25) is 0 Å². The molecular formula is C7H5NO4. The van der Waals surface area contributed by atoms with E-state index in [1.54, 1.807) is 0 Å². The Hall–Kier alpha value is -1.91. The van der Waals surface area contributed by atoms with Crippen LogP contribution in [0.2, 0.25) is 0 Å². The second kappa shape index (κ2) is 3.00. The smallest absolute Gasteiger partial charge is 0.352 e. The van der Waals surface area contributed by atoms with Crippen LogP contribution >= 0.6 is 0 Å². The lowest BCUT2D eigenvalue weighted by Crippen LogP contribution is -2.12. The van der Waals surface area contributed by atoms with Crippen molar-refractivity contribution in [1.29, 1.82) is 0 Å². The van der Waals surface area contributed by atoms with Gasteiger partial charge < -0.3 is 10.1 Å². The molecule has 5 heteroatoms. The summed E-state index contributed by atoms with van der Waals surface area (Å²) in [4.78, 5) is 33.6. The standard InChI is InChI=1S/C7H5NO4/c9-3-4-2-8-5(7(11)12)1-6(4)10/h1-3H,(H,8,10)(H,11,12). The van der Waals surface area contributed by atoms with E-state index in [9.17, 15) is 14.4 Å². The first-order valence-electron chi connectivity index (χ1n) is 3.06. The minimum absolute atomic E-state index is 0.0833. The van der Waals surface area contributed by atoms with Gasteiger partial charge in [0.1, 0.15) is 5.69 Å². The molecule has 0 spiro atoms. The van der Waals surface area contributed by atoms with Gasteiger partial charge in [-0.2, -0.15) is 0 Å². The second-order valence-electron chi connectivity index (χ2n) is 2.09. The summed E-state index contributed by atoms with van der Waals surface area (Å²) in [5.74, 6) is -1.23. The van der Waals surface area contributed by atoms with E-state index < -0.39 is 11.4 Å². The van der Waals surface area contributed by atoms with Crippen molar-refractivity contribution in [1.82, 2.24) is 4.98 Å². The molecule has 0 saturated heterocycles. The lowest BCUT2D eigenvalue weighted by atomic mass is 10.2. The van der Waals surface area contributed by atoms with Crippen LogP contribution in [0, 0.1) is 0 Å². The third-order valence-electron chi connectivity index (χ3n) is 1.30. The van der Waals surface area contributed by atoms with E-state index in [1.807, 2.05) is 0 Å². The van der Waals surface area contributed by atoms with Gasteiger partial charge in [0.25, 0.3) is 0 Å². The molecule has 0 aliphatic heterocycles. The molecule has 0 amide bonds. The van der Waals surface area contributed by atoms with Crippen LogP contribution < -0.4 is 5.43 Å². The largest absolute Gasteiger partial charge is 0.477 e. The summed E-state index contributed by atoms with van der Waals surface area (Å²) in [6, 6.07) is 0.867. The number of carboxylic acids is 1. The maximum atomic E-state index is 10.9. The molecule has 0 atom stereocenters. The monoisotopic (exact) mass is 167 g/mol. The lowest BCUT2D eigenvalue weighted by molar-refractivity contribution is 0.0690. The fraction of sp³-hybridized carbons (Fsp3) is 0. The number of carbonyl (C=O) groups excluding carboxylic acids is 1. The molecule has 0 radical (unpaired) electrons. The first kappa shape index (κ1) is 8.19. The van der Waals surface area contributed by atoms with Crippen LogP contribution in [0.15, 0.2) is 17.1 Å². The molecule has 1 rings (SSSR count). The number of aromatic carboxylic acids is 1. The number of hydrogen-bond acceptors (Lipinski definition) is 3. The third kappa shape index (κ3) is 1.39. The molecule has 0 fully saturated rings. The number of hydrogen-bond donors (Lipinski definition) is 2. The summed E-state index contributed by atoms with van der Waals surface area (Å²) >= 11 is 0. The normalized spacial score (nSPS) is 9.33. The summed E-state index contributed by atoms with van der Waals surface area (Å²) in [7, 11) is 0. The molecule has 1 aromatic rings. The van der Waals surface area contributed by atoms with Crippen molar-refractivity contribution in [3.8, 4) is 0 Å². The Balaban J connectivity index is 3.28. The molecule has 1 heterocycles. The summed E-state index contributed by atoms with van der Waals surface area (Å²) in [6.45, 7) is 0. The van der Waals surface area contributed by atoms with Gasteiger partial charge in [0, 0.05) is 12.3 Å². The highest BCUT2D eigenvalue weighted by atomic mass is 16.4. The predicted octanol–water partition coefficient (Wildman–Crippen LogP) is -0.114. The minimum atomic E-state index is -1.23. The molecule has 12 heavy (non-hydrogen) atoms. The van der Waals surface area contributed by atoms with E-state index >= 15 is 0 Å². The summed E-state index contributed by atoms with van der Waals surface area (Å²) < 4.78 is 0. The van der Waals surface area contributed by atoms with Crippen LogP contribution in [-0.2, 0) is 0 Å². The Morgan fingerprint density at radius 3 is 2.67 bits per heavy atom. The number of carbonyl (C=O) groups is 2. The van der Waals surface area contributed by atoms with Gasteiger partial charge in [-0.3, -0.25) is 9.59 Å². The molecule has 0 aliphatic carbocycles. The highest BCUT2D eigenvalue weighted by Gasteiger charge is 2.05. The minimum Gasteiger partial charge on any atom is -0.477 e. The third-order valence-corrected chi connectivity index (χ3v) is 1.30. The van der Waals surface area contributed by atoms with Crippen molar-refractivity contribution >= 4 is 12.3 Å². The zero-order valence-electron chi connectivity index (χ0n) is 5.90. The van der Waals surface area contributed by atoms with E-state index in [1.165, 1.54) is 0 Å². The number of aromatic amines is 1. The number of carboxylic acid groups (broad SMARTS) is 1. The van der Waals surface area contributed by atoms with Crippen molar-refractivity contribution in [3.05, 3.63) is 33.7 Å². The Bertz CT molecular complexity index is 379. The number of nitrogens with one attached hydrogen (secondary N) is 1. The topological polar surface area (TPSA) is 87.2 Å². The Morgan fingerprint density at radius 1 is 1.58 bits per heavy atom. The van der Waals surface area contributed by atoms with Crippen molar-refractivity contribution in [2.75, 3.05) is 0 Å². The Labute approximate surface area is 66.7 Å². The van der Waals surface area contributed by atoms with E-state index in [0.29, 0.717) is 6.29 Å². The van der Waals surface area contributed by atoms with Gasteiger partial charge in [-0.05, 0) is 0 Å². The van der Waals surface area contributed by atoms with E-state index in [-0.39, 0.29) is 11.3 Å². The van der Waals surface area contributed by atoms with Crippen LogP contribution in [0.3, 0.4) is 0 Å². The van der Waals surface area contributed by atoms with Crippen LogP contribution in [0.1, 0.15) is 20.8 Å². The van der Waals surface area contributed by atoms with Gasteiger partial charge in [-0.1, -0.05) is 0 Å². The summed E-state index contributed by atoms with van der Waals surface area (Å²) in [5, 5.41) is 8.41. The maximum Gasteiger partial charge on any atom is 0.352 e. The number of pyridine rings is 1. The zero-order chi connectivity index (χ0) is 9.14. The molecule has 0 aliphatic rings.